The van der Waals surface area contributed by atoms with E-state index in [9.17, 15) is 0 Å². The van der Waals surface area contributed by atoms with E-state index in [0.717, 1.165) is 5.92 Å². The van der Waals surface area contributed by atoms with Crippen molar-refractivity contribution < 1.29 is 0 Å². The second kappa shape index (κ2) is 5.85. The highest BCUT2D eigenvalue weighted by molar-refractivity contribution is 5.24. The van der Waals surface area contributed by atoms with Gasteiger partial charge in [0.1, 0.15) is 0 Å². The Morgan fingerprint density at radius 2 is 1.72 bits per heavy atom. The van der Waals surface area contributed by atoms with Gasteiger partial charge in [0.2, 0.25) is 0 Å². The number of hydrogen-bond donors (Lipinski definition) is 1. The molecule has 18 heavy (non-hydrogen) atoms. The molecule has 2 atom stereocenters. The maximum absolute atomic E-state index is 6.41. The van der Waals surface area contributed by atoms with Crippen molar-refractivity contribution in [3.63, 3.8) is 0 Å². The van der Waals surface area contributed by atoms with Gasteiger partial charge in [-0.05, 0) is 51.3 Å². The Hall–Kier alpha value is -0.860. The highest BCUT2D eigenvalue weighted by Gasteiger charge is 2.25. The van der Waals surface area contributed by atoms with Crippen molar-refractivity contribution in [3.8, 4) is 0 Å². The Bertz CT molecular complexity index is 363. The minimum atomic E-state index is 0.124. The molecule has 0 amide bonds. The molecule has 0 aromatic heterocycles. The van der Waals surface area contributed by atoms with Gasteiger partial charge >= 0.3 is 0 Å². The van der Waals surface area contributed by atoms with Crippen LogP contribution in [0.5, 0.6) is 0 Å². The van der Waals surface area contributed by atoms with Gasteiger partial charge in [-0.2, -0.15) is 0 Å². The quantitative estimate of drug-likeness (QED) is 0.888. The predicted molar refractivity (Wildman–Crippen MR) is 77.5 cm³/mol. The van der Waals surface area contributed by atoms with Gasteiger partial charge in [-0.1, -0.05) is 36.8 Å². The van der Waals surface area contributed by atoms with Gasteiger partial charge in [0.05, 0.1) is 0 Å². The largest absolute Gasteiger partial charge is 0.323 e. The minimum absolute atomic E-state index is 0.124. The van der Waals surface area contributed by atoms with E-state index in [2.05, 4.69) is 49.9 Å². The summed E-state index contributed by atoms with van der Waals surface area (Å²) in [5, 5.41) is 0. The van der Waals surface area contributed by atoms with Gasteiger partial charge in [0.15, 0.2) is 0 Å². The lowest BCUT2D eigenvalue weighted by atomic mass is 9.94. The van der Waals surface area contributed by atoms with Crippen LogP contribution in [0.1, 0.15) is 43.9 Å². The molecule has 100 valence electrons. The van der Waals surface area contributed by atoms with Crippen LogP contribution in [0.3, 0.4) is 0 Å². The van der Waals surface area contributed by atoms with Gasteiger partial charge < -0.3 is 5.73 Å². The smallest absolute Gasteiger partial charge is 0.0450 e. The average Bonchev–Trinajstić information content (AvgIpc) is 2.39. The summed E-state index contributed by atoms with van der Waals surface area (Å²) in [6, 6.07) is 9.20. The van der Waals surface area contributed by atoms with E-state index >= 15 is 0 Å². The molecule has 2 rings (SSSR count). The normalized spacial score (nSPS) is 21.8. The molecule has 0 aliphatic carbocycles. The first-order valence-electron chi connectivity index (χ1n) is 7.14. The van der Waals surface area contributed by atoms with Crippen LogP contribution in [0.15, 0.2) is 24.3 Å². The fourth-order valence-corrected chi connectivity index (χ4v) is 2.73. The maximum atomic E-state index is 6.41. The summed E-state index contributed by atoms with van der Waals surface area (Å²) in [6.45, 7) is 9.12. The van der Waals surface area contributed by atoms with Crippen LogP contribution >= 0.6 is 0 Å². The van der Waals surface area contributed by atoms with E-state index in [0.29, 0.717) is 6.04 Å². The average molecular weight is 246 g/mol. The molecule has 1 aromatic carbocycles. The van der Waals surface area contributed by atoms with E-state index in [1.165, 1.54) is 37.1 Å². The molecule has 0 spiro atoms. The Kier molecular flexibility index (Phi) is 4.41. The molecular weight excluding hydrogens is 220 g/mol. The van der Waals surface area contributed by atoms with Gasteiger partial charge in [-0.15, -0.1) is 0 Å². The summed E-state index contributed by atoms with van der Waals surface area (Å²) in [6.07, 6.45) is 2.62. The van der Waals surface area contributed by atoms with Crippen LogP contribution in [0.4, 0.5) is 0 Å². The summed E-state index contributed by atoms with van der Waals surface area (Å²) in [4.78, 5) is 2.55. The van der Waals surface area contributed by atoms with Gasteiger partial charge in [0.25, 0.3) is 0 Å². The predicted octanol–water partition coefficient (Wildman–Crippen LogP) is 3.12. The molecule has 0 saturated carbocycles. The van der Waals surface area contributed by atoms with Gasteiger partial charge in [-0.25, -0.2) is 0 Å². The minimum Gasteiger partial charge on any atom is -0.323 e. The Morgan fingerprint density at radius 3 is 2.28 bits per heavy atom. The van der Waals surface area contributed by atoms with E-state index in [1.807, 2.05) is 0 Å². The highest BCUT2D eigenvalue weighted by Crippen LogP contribution is 2.24. The van der Waals surface area contributed by atoms with E-state index in [1.54, 1.807) is 0 Å². The molecule has 1 aromatic rings. The zero-order valence-electron chi connectivity index (χ0n) is 11.9. The van der Waals surface area contributed by atoms with Crippen LogP contribution in [0.25, 0.3) is 0 Å². The van der Waals surface area contributed by atoms with Crippen LogP contribution < -0.4 is 5.73 Å². The fraction of sp³-hybridized carbons (Fsp3) is 0.625. The molecule has 2 nitrogen and oxygen atoms in total. The summed E-state index contributed by atoms with van der Waals surface area (Å²) in [5.41, 5.74) is 8.97. The first-order chi connectivity index (χ1) is 8.58. The Morgan fingerprint density at radius 1 is 1.17 bits per heavy atom. The molecule has 1 saturated heterocycles. The number of hydrogen-bond acceptors (Lipinski definition) is 2. The molecule has 1 fully saturated rings. The monoisotopic (exact) mass is 246 g/mol. The van der Waals surface area contributed by atoms with E-state index < -0.39 is 0 Å². The Balaban J connectivity index is 1.99. The first kappa shape index (κ1) is 13.6. The van der Waals surface area contributed by atoms with E-state index in [4.69, 9.17) is 5.73 Å². The van der Waals surface area contributed by atoms with Crippen molar-refractivity contribution >= 4 is 0 Å². The summed E-state index contributed by atoms with van der Waals surface area (Å²) in [7, 11) is 0. The van der Waals surface area contributed by atoms with Crippen molar-refractivity contribution in [3.05, 3.63) is 35.4 Å². The molecule has 1 heterocycles. The third kappa shape index (κ3) is 3.12. The van der Waals surface area contributed by atoms with Gasteiger partial charge in [-0.3, -0.25) is 4.90 Å². The number of nitrogens with two attached hydrogens (primary N) is 1. The molecule has 1 aliphatic heterocycles. The third-order valence-corrected chi connectivity index (χ3v) is 4.38. The third-order valence-electron chi connectivity index (χ3n) is 4.38. The molecular formula is C16H26N2. The fourth-order valence-electron chi connectivity index (χ4n) is 2.73. The van der Waals surface area contributed by atoms with E-state index in [-0.39, 0.29) is 6.04 Å². The topological polar surface area (TPSA) is 29.3 Å². The Labute approximate surface area is 111 Å². The van der Waals surface area contributed by atoms with Crippen LogP contribution in [-0.2, 0) is 0 Å². The summed E-state index contributed by atoms with van der Waals surface area (Å²) in [5.74, 6) is 0.879. The van der Waals surface area contributed by atoms with Crippen LogP contribution in [-0.4, -0.2) is 24.0 Å². The van der Waals surface area contributed by atoms with Crippen molar-refractivity contribution in [2.45, 2.75) is 45.7 Å². The SMILES string of the molecule is Cc1ccc(C(N)C(C)N2CCC(C)CC2)cc1. The number of rotatable bonds is 3. The summed E-state index contributed by atoms with van der Waals surface area (Å²) < 4.78 is 0. The molecule has 1 aliphatic rings. The zero-order chi connectivity index (χ0) is 13.1. The second-order valence-electron chi connectivity index (χ2n) is 5.90. The van der Waals surface area contributed by atoms with Crippen LogP contribution in [0.2, 0.25) is 0 Å². The maximum Gasteiger partial charge on any atom is 0.0450 e. The molecule has 2 N–H and O–H groups in total. The lowest BCUT2D eigenvalue weighted by Crippen LogP contribution is -2.44. The number of nitrogens with zero attached hydrogens (tertiary/aromatic N) is 1. The number of aryl methyl sites for hydroxylation is 1. The molecule has 2 unspecified atom stereocenters. The number of likely N-dealkylation sites (tertiary alicyclic amines) is 1. The highest BCUT2D eigenvalue weighted by atomic mass is 15.2. The molecule has 2 heteroatoms. The second-order valence-corrected chi connectivity index (χ2v) is 5.90. The first-order valence-corrected chi connectivity index (χ1v) is 7.14. The molecule has 0 radical (unpaired) electrons. The van der Waals surface area contributed by atoms with Crippen LogP contribution in [0, 0.1) is 12.8 Å². The summed E-state index contributed by atoms with van der Waals surface area (Å²) >= 11 is 0. The number of piperidine rings is 1. The van der Waals surface area contributed by atoms with Gasteiger partial charge in [0, 0.05) is 12.1 Å². The lowest BCUT2D eigenvalue weighted by molar-refractivity contribution is 0.130. The van der Waals surface area contributed by atoms with Crippen molar-refractivity contribution in [1.29, 1.82) is 0 Å². The van der Waals surface area contributed by atoms with Crippen molar-refractivity contribution in [1.82, 2.24) is 4.90 Å². The van der Waals surface area contributed by atoms with Crippen molar-refractivity contribution in [2.24, 2.45) is 11.7 Å². The number of benzene rings is 1. The standard InChI is InChI=1S/C16H26N2/c1-12-4-6-15(7-5-12)16(17)14(3)18-10-8-13(2)9-11-18/h4-7,13-14,16H,8-11,17H2,1-3H3. The molecule has 0 bridgehead atoms. The van der Waals surface area contributed by atoms with Crippen molar-refractivity contribution in [2.75, 3.05) is 13.1 Å². The lowest BCUT2D eigenvalue weighted by Gasteiger charge is -2.37. The zero-order valence-corrected chi connectivity index (χ0v) is 11.9.